The molecule has 1 aromatic heterocycles. The first-order valence-corrected chi connectivity index (χ1v) is 12.3. The van der Waals surface area contributed by atoms with Crippen LogP contribution in [0.2, 0.25) is 0 Å². The number of guanidine groups is 1. The van der Waals surface area contributed by atoms with Crippen molar-refractivity contribution in [3.63, 3.8) is 0 Å². The lowest BCUT2D eigenvalue weighted by Gasteiger charge is -2.32. The highest BCUT2D eigenvalue weighted by Crippen LogP contribution is 2.22. The molecule has 1 aromatic carbocycles. The maximum atomic E-state index is 11.9. The van der Waals surface area contributed by atoms with Gasteiger partial charge in [0.25, 0.3) is 0 Å². The number of H-pyrrole nitrogens is 1. The van der Waals surface area contributed by atoms with Gasteiger partial charge in [-0.1, -0.05) is 32.0 Å². The number of amides is 1. The Morgan fingerprint density at radius 2 is 1.94 bits per heavy atom. The number of aromatic amines is 1. The van der Waals surface area contributed by atoms with Crippen molar-refractivity contribution in [2.45, 2.75) is 58.9 Å². The monoisotopic (exact) mass is 568 g/mol. The van der Waals surface area contributed by atoms with Gasteiger partial charge >= 0.3 is 0 Å². The first-order chi connectivity index (χ1) is 15.6. The molecule has 2 heterocycles. The smallest absolute Gasteiger partial charge is 0.234 e. The van der Waals surface area contributed by atoms with Gasteiger partial charge in [-0.2, -0.15) is 0 Å². The predicted octanol–water partition coefficient (Wildman–Crippen LogP) is 3.44. The van der Waals surface area contributed by atoms with Gasteiger partial charge in [0.05, 0.1) is 6.54 Å². The Hall–Kier alpha value is -1.81. The summed E-state index contributed by atoms with van der Waals surface area (Å²) in [5, 5.41) is 11.3. The number of carbonyl (C=O) groups excluding carboxylic acids is 1. The third-order valence-corrected chi connectivity index (χ3v) is 6.13. The van der Waals surface area contributed by atoms with Crippen molar-refractivity contribution in [3.05, 3.63) is 35.5 Å². The lowest BCUT2D eigenvalue weighted by molar-refractivity contribution is -0.122. The Kier molecular flexibility index (Phi) is 12.0. The summed E-state index contributed by atoms with van der Waals surface area (Å²) in [5.74, 6) is 1.03. The Morgan fingerprint density at radius 3 is 2.64 bits per heavy atom. The van der Waals surface area contributed by atoms with Crippen LogP contribution in [0.25, 0.3) is 10.9 Å². The topological polar surface area (TPSA) is 84.6 Å². The van der Waals surface area contributed by atoms with Crippen molar-refractivity contribution < 1.29 is 4.79 Å². The lowest BCUT2D eigenvalue weighted by atomic mass is 10.1. The van der Waals surface area contributed by atoms with Gasteiger partial charge in [-0.05, 0) is 50.2 Å². The normalized spacial score (nSPS) is 15.3. The number of nitrogens with zero attached hydrogens (tertiary/aromatic N) is 2. The largest absolute Gasteiger partial charge is 0.361 e. The average Bonchev–Trinajstić information content (AvgIpc) is 3.22. The van der Waals surface area contributed by atoms with E-state index in [4.69, 9.17) is 4.99 Å². The maximum absolute atomic E-state index is 11.9. The Bertz CT molecular complexity index is 888. The molecule has 0 bridgehead atoms. The van der Waals surface area contributed by atoms with E-state index >= 15 is 0 Å². The van der Waals surface area contributed by atoms with Gasteiger partial charge in [-0.3, -0.25) is 14.7 Å². The molecule has 4 N–H and O–H groups in total. The number of fused-ring (bicyclic) bond motifs is 1. The van der Waals surface area contributed by atoms with Crippen molar-refractivity contribution in [1.82, 2.24) is 25.8 Å². The van der Waals surface area contributed by atoms with Gasteiger partial charge in [0.15, 0.2) is 5.96 Å². The minimum atomic E-state index is 0. The number of aryl methyl sites for hydroxylation is 1. The second kappa shape index (κ2) is 14.5. The van der Waals surface area contributed by atoms with Gasteiger partial charge in [-0.25, -0.2) is 0 Å². The van der Waals surface area contributed by atoms with E-state index in [-0.39, 0.29) is 29.9 Å². The van der Waals surface area contributed by atoms with E-state index in [9.17, 15) is 4.79 Å². The standard InChI is InChI=1S/C25H40N6O.HI/c1-4-13-27-23(32)18-31-15-11-21(12-16-31)30-25(26-6-3)28-14-10-20-17-29-24-19(5-2)8-7-9-22(20)24;/h7-9,17,21,29H,4-6,10-16,18H2,1-3H3,(H,27,32)(H2,26,28,30);1H. The fourth-order valence-corrected chi connectivity index (χ4v) is 4.34. The molecule has 33 heavy (non-hydrogen) atoms. The minimum Gasteiger partial charge on any atom is -0.361 e. The van der Waals surface area contributed by atoms with Crippen LogP contribution in [0.1, 0.15) is 51.2 Å². The predicted molar refractivity (Wildman–Crippen MR) is 149 cm³/mol. The Morgan fingerprint density at radius 1 is 1.15 bits per heavy atom. The molecular weight excluding hydrogens is 527 g/mol. The van der Waals surface area contributed by atoms with Crippen LogP contribution in [-0.2, 0) is 17.6 Å². The van der Waals surface area contributed by atoms with E-state index in [1.807, 2.05) is 0 Å². The van der Waals surface area contributed by atoms with Crippen LogP contribution < -0.4 is 16.0 Å². The molecule has 1 aliphatic rings. The molecule has 0 spiro atoms. The number of likely N-dealkylation sites (tertiary alicyclic amines) is 1. The average molecular weight is 569 g/mol. The zero-order valence-corrected chi connectivity index (χ0v) is 22.7. The summed E-state index contributed by atoms with van der Waals surface area (Å²) in [4.78, 5) is 22.5. The molecular formula is C25H41IN6O. The highest BCUT2D eigenvalue weighted by atomic mass is 127. The van der Waals surface area contributed by atoms with Gasteiger partial charge in [0.1, 0.15) is 0 Å². The molecule has 1 aliphatic heterocycles. The van der Waals surface area contributed by atoms with E-state index in [0.717, 1.165) is 70.8 Å². The third kappa shape index (κ3) is 8.17. The number of benzene rings is 1. The molecule has 0 unspecified atom stereocenters. The van der Waals surface area contributed by atoms with Crippen molar-refractivity contribution in [3.8, 4) is 0 Å². The summed E-state index contributed by atoms with van der Waals surface area (Å²) in [6, 6.07) is 6.93. The number of hydrogen-bond donors (Lipinski definition) is 4. The van der Waals surface area contributed by atoms with Crippen LogP contribution in [0, 0.1) is 0 Å². The minimum absolute atomic E-state index is 0. The van der Waals surface area contributed by atoms with E-state index < -0.39 is 0 Å². The van der Waals surface area contributed by atoms with E-state index in [2.05, 4.69) is 71.0 Å². The molecule has 2 aromatic rings. The van der Waals surface area contributed by atoms with Crippen LogP contribution in [0.5, 0.6) is 0 Å². The molecule has 0 radical (unpaired) electrons. The fourth-order valence-electron chi connectivity index (χ4n) is 4.34. The van der Waals surface area contributed by atoms with E-state index in [1.165, 1.54) is 22.0 Å². The highest BCUT2D eigenvalue weighted by molar-refractivity contribution is 14.0. The quantitative estimate of drug-likeness (QED) is 0.201. The molecule has 1 fully saturated rings. The second-order valence-electron chi connectivity index (χ2n) is 8.56. The number of piperidine rings is 1. The Labute approximate surface area is 215 Å². The summed E-state index contributed by atoms with van der Waals surface area (Å²) in [6.45, 7) is 11.1. The summed E-state index contributed by atoms with van der Waals surface area (Å²) in [7, 11) is 0. The molecule has 1 amide bonds. The van der Waals surface area contributed by atoms with Crippen molar-refractivity contribution >= 4 is 46.7 Å². The fraction of sp³-hybridized carbons (Fsp3) is 0.600. The van der Waals surface area contributed by atoms with Crippen LogP contribution >= 0.6 is 24.0 Å². The molecule has 1 saturated heterocycles. The van der Waals surface area contributed by atoms with Gasteiger partial charge in [0.2, 0.25) is 5.91 Å². The first kappa shape index (κ1) is 27.4. The maximum Gasteiger partial charge on any atom is 0.234 e. The van der Waals surface area contributed by atoms with Gasteiger partial charge in [0, 0.05) is 55.9 Å². The van der Waals surface area contributed by atoms with Crippen molar-refractivity contribution in [1.29, 1.82) is 0 Å². The second-order valence-corrected chi connectivity index (χ2v) is 8.56. The molecule has 8 heteroatoms. The SMILES string of the molecule is CCCNC(=O)CN1CCC(NC(=NCCc2c[nH]c3c(CC)cccc23)NCC)CC1.I. The molecule has 184 valence electrons. The highest BCUT2D eigenvalue weighted by Gasteiger charge is 2.21. The zero-order valence-electron chi connectivity index (χ0n) is 20.4. The summed E-state index contributed by atoms with van der Waals surface area (Å²) >= 11 is 0. The number of halogens is 1. The number of nitrogens with one attached hydrogen (secondary N) is 4. The number of aliphatic imine (C=N–C) groups is 1. The van der Waals surface area contributed by atoms with Crippen LogP contribution in [0.15, 0.2) is 29.4 Å². The van der Waals surface area contributed by atoms with Gasteiger partial charge in [-0.15, -0.1) is 24.0 Å². The number of para-hydroxylation sites is 1. The first-order valence-electron chi connectivity index (χ1n) is 12.3. The summed E-state index contributed by atoms with van der Waals surface area (Å²) < 4.78 is 0. The van der Waals surface area contributed by atoms with Crippen LogP contribution in [-0.4, -0.2) is 67.1 Å². The van der Waals surface area contributed by atoms with Crippen molar-refractivity contribution in [2.75, 3.05) is 39.3 Å². The van der Waals surface area contributed by atoms with Crippen molar-refractivity contribution in [2.24, 2.45) is 4.99 Å². The summed E-state index contributed by atoms with van der Waals surface area (Å²) in [6.07, 6.45) is 7.10. The number of carbonyl (C=O) groups is 1. The molecule has 0 atom stereocenters. The van der Waals surface area contributed by atoms with Crippen LogP contribution in [0.4, 0.5) is 0 Å². The van der Waals surface area contributed by atoms with Crippen LogP contribution in [0.3, 0.4) is 0 Å². The Balaban J connectivity index is 0.00000385. The zero-order chi connectivity index (χ0) is 22.8. The molecule has 3 rings (SSSR count). The number of aromatic nitrogens is 1. The number of rotatable bonds is 10. The lowest BCUT2D eigenvalue weighted by Crippen LogP contribution is -2.50. The third-order valence-electron chi connectivity index (χ3n) is 6.13. The van der Waals surface area contributed by atoms with E-state index in [1.54, 1.807) is 0 Å². The van der Waals surface area contributed by atoms with E-state index in [0.29, 0.717) is 12.6 Å². The van der Waals surface area contributed by atoms with Gasteiger partial charge < -0.3 is 20.9 Å². The molecule has 0 aliphatic carbocycles. The summed E-state index contributed by atoms with van der Waals surface area (Å²) in [5.41, 5.74) is 3.94. The molecule has 7 nitrogen and oxygen atoms in total. The number of hydrogen-bond acceptors (Lipinski definition) is 3. The molecule has 0 saturated carbocycles.